The Morgan fingerprint density at radius 2 is 2.00 bits per heavy atom. The third-order valence-electron chi connectivity index (χ3n) is 2.77. The Kier molecular flexibility index (Phi) is 3.08. The number of aromatic nitrogens is 4. The molecule has 2 heterocycles. The number of nitrogens with zero attached hydrogens (tertiary/aromatic N) is 4. The van der Waals surface area contributed by atoms with Crippen LogP contribution in [0.2, 0.25) is 0 Å². The Balaban J connectivity index is 1.95. The average molecular weight is 271 g/mol. The highest BCUT2D eigenvalue weighted by molar-refractivity contribution is 5.77. The van der Waals surface area contributed by atoms with Crippen molar-refractivity contribution in [1.29, 1.82) is 0 Å². The second-order valence-corrected chi connectivity index (χ2v) is 4.09. The third-order valence-corrected chi connectivity index (χ3v) is 2.77. The maximum absolute atomic E-state index is 5.72. The Bertz CT molecular complexity index is 726. The molecule has 1 aromatic carbocycles. The summed E-state index contributed by atoms with van der Waals surface area (Å²) >= 11 is 0. The molecule has 0 aliphatic carbocycles. The van der Waals surface area contributed by atoms with Crippen LogP contribution in [0.3, 0.4) is 0 Å². The number of hydrogen-bond donors (Lipinski definition) is 1. The number of nitrogen functional groups attached to an aromatic ring is 1. The Hall–Kier alpha value is -2.83. The van der Waals surface area contributed by atoms with Crippen LogP contribution < -0.4 is 15.3 Å². The largest absolute Gasteiger partial charge is 0.471 e. The Labute approximate surface area is 114 Å². The number of anilines is 1. The minimum atomic E-state index is 0.113. The fourth-order valence-corrected chi connectivity index (χ4v) is 1.85. The molecule has 0 bridgehead atoms. The van der Waals surface area contributed by atoms with Gasteiger partial charge in [-0.3, -0.25) is 0 Å². The maximum atomic E-state index is 5.72. The maximum Gasteiger partial charge on any atom is 0.249 e. The summed E-state index contributed by atoms with van der Waals surface area (Å²) < 4.78 is 7.15. The zero-order valence-corrected chi connectivity index (χ0v) is 10.9. The van der Waals surface area contributed by atoms with Crippen molar-refractivity contribution in [2.45, 2.75) is 6.61 Å². The molecule has 0 atom stereocenters. The van der Waals surface area contributed by atoms with Gasteiger partial charge in [0.1, 0.15) is 20.0 Å². The fourth-order valence-electron chi connectivity index (χ4n) is 1.85. The molecule has 0 aliphatic heterocycles. The molecule has 7 nitrogen and oxygen atoms in total. The lowest BCUT2D eigenvalue weighted by Gasteiger charge is -2.08. The van der Waals surface area contributed by atoms with Gasteiger partial charge in [0.25, 0.3) is 0 Å². The number of imidazole rings is 1. The molecule has 2 N–H and O–H groups in total. The van der Waals surface area contributed by atoms with Gasteiger partial charge in [0.2, 0.25) is 11.8 Å². The molecular weight excluding hydrogens is 258 g/mol. The minimum absolute atomic E-state index is 0.113. The Morgan fingerprint density at radius 3 is 2.75 bits per heavy atom. The predicted octanol–water partition coefficient (Wildman–Crippen LogP) is 1.05. The number of ether oxygens (including phenoxy) is 1. The van der Waals surface area contributed by atoms with E-state index in [1.54, 1.807) is 0 Å². The van der Waals surface area contributed by atoms with Gasteiger partial charge in [0.15, 0.2) is 11.2 Å². The molecule has 0 radical (unpaired) electrons. The molecule has 3 aromatic rings. The zero-order valence-electron chi connectivity index (χ0n) is 10.9. The summed E-state index contributed by atoms with van der Waals surface area (Å²) in [7, 11) is 1.53. The van der Waals surface area contributed by atoms with E-state index >= 15 is 0 Å². The summed E-state index contributed by atoms with van der Waals surface area (Å²) in [5, 5.41) is 0. The zero-order chi connectivity index (χ0) is 13.9. The predicted molar refractivity (Wildman–Crippen MR) is 73.0 cm³/mol. The van der Waals surface area contributed by atoms with Gasteiger partial charge in [-0.15, -0.1) is 0 Å². The SMILES string of the molecule is COn1cnc2nc(N)nc(OCc3ccccc3)c21. The number of nitrogens with two attached hydrogens (primary N) is 1. The number of rotatable bonds is 4. The first-order chi connectivity index (χ1) is 9.78. The van der Waals surface area contributed by atoms with Gasteiger partial charge in [-0.05, 0) is 5.56 Å². The minimum Gasteiger partial charge on any atom is -0.471 e. The van der Waals surface area contributed by atoms with Gasteiger partial charge in [0, 0.05) is 0 Å². The third kappa shape index (κ3) is 2.20. The van der Waals surface area contributed by atoms with Crippen molar-refractivity contribution >= 4 is 17.1 Å². The van der Waals surface area contributed by atoms with Crippen molar-refractivity contribution in [3.05, 3.63) is 42.2 Å². The summed E-state index contributed by atoms with van der Waals surface area (Å²) in [6, 6.07) is 9.78. The van der Waals surface area contributed by atoms with Gasteiger partial charge < -0.3 is 15.3 Å². The second-order valence-electron chi connectivity index (χ2n) is 4.09. The molecule has 7 heteroatoms. The van der Waals surface area contributed by atoms with Crippen LogP contribution in [0.1, 0.15) is 5.56 Å². The fraction of sp³-hybridized carbons (Fsp3) is 0.154. The molecule has 0 fully saturated rings. The monoisotopic (exact) mass is 271 g/mol. The quantitative estimate of drug-likeness (QED) is 0.763. The molecule has 3 rings (SSSR count). The topological polar surface area (TPSA) is 88.1 Å². The van der Waals surface area contributed by atoms with Crippen LogP contribution in [0.4, 0.5) is 5.95 Å². The van der Waals surface area contributed by atoms with Gasteiger partial charge in [0.05, 0.1) is 0 Å². The van der Waals surface area contributed by atoms with Crippen LogP contribution in [0.15, 0.2) is 36.7 Å². The normalized spacial score (nSPS) is 10.7. The van der Waals surface area contributed by atoms with E-state index in [0.717, 1.165) is 5.56 Å². The van der Waals surface area contributed by atoms with Gasteiger partial charge in [-0.1, -0.05) is 30.3 Å². The molecule has 0 unspecified atom stereocenters. The van der Waals surface area contributed by atoms with Crippen LogP contribution >= 0.6 is 0 Å². The van der Waals surface area contributed by atoms with Crippen molar-refractivity contribution in [2.24, 2.45) is 0 Å². The Morgan fingerprint density at radius 1 is 1.20 bits per heavy atom. The lowest BCUT2D eigenvalue weighted by atomic mass is 10.2. The van der Waals surface area contributed by atoms with Crippen LogP contribution in [0, 0.1) is 0 Å². The molecule has 102 valence electrons. The number of hydrogen-bond acceptors (Lipinski definition) is 6. The molecule has 2 aromatic heterocycles. The highest BCUT2D eigenvalue weighted by Gasteiger charge is 2.14. The number of fused-ring (bicyclic) bond motifs is 1. The van der Waals surface area contributed by atoms with E-state index in [0.29, 0.717) is 23.7 Å². The van der Waals surface area contributed by atoms with Crippen LogP contribution in [-0.4, -0.2) is 26.8 Å². The van der Waals surface area contributed by atoms with E-state index in [2.05, 4.69) is 15.0 Å². The molecular formula is C13H13N5O2. The van der Waals surface area contributed by atoms with Crippen molar-refractivity contribution in [1.82, 2.24) is 19.7 Å². The average Bonchev–Trinajstić information content (AvgIpc) is 2.88. The summed E-state index contributed by atoms with van der Waals surface area (Å²) in [6.45, 7) is 0.376. The van der Waals surface area contributed by atoms with Crippen LogP contribution in [0.5, 0.6) is 5.88 Å². The number of benzene rings is 1. The second kappa shape index (κ2) is 5.04. The van der Waals surface area contributed by atoms with E-state index in [1.807, 2.05) is 30.3 Å². The first kappa shape index (κ1) is 12.2. The van der Waals surface area contributed by atoms with Gasteiger partial charge in [-0.2, -0.15) is 14.7 Å². The van der Waals surface area contributed by atoms with E-state index in [1.165, 1.54) is 18.2 Å². The van der Waals surface area contributed by atoms with E-state index in [-0.39, 0.29) is 5.95 Å². The highest BCUT2D eigenvalue weighted by Crippen LogP contribution is 2.22. The van der Waals surface area contributed by atoms with Crippen molar-refractivity contribution in [3.63, 3.8) is 0 Å². The van der Waals surface area contributed by atoms with Gasteiger partial charge >= 0.3 is 0 Å². The molecule has 0 spiro atoms. The van der Waals surface area contributed by atoms with E-state index in [9.17, 15) is 0 Å². The first-order valence-corrected chi connectivity index (χ1v) is 5.99. The van der Waals surface area contributed by atoms with Crippen LogP contribution in [-0.2, 0) is 6.61 Å². The highest BCUT2D eigenvalue weighted by atomic mass is 16.6. The molecule has 0 aliphatic rings. The van der Waals surface area contributed by atoms with Crippen molar-refractivity contribution in [2.75, 3.05) is 12.8 Å². The van der Waals surface area contributed by atoms with Gasteiger partial charge in [-0.25, -0.2) is 4.98 Å². The lowest BCUT2D eigenvalue weighted by molar-refractivity contribution is 0.174. The van der Waals surface area contributed by atoms with Crippen molar-refractivity contribution in [3.8, 4) is 5.88 Å². The standard InChI is InChI=1S/C13H13N5O2/c1-19-18-8-15-11-10(18)12(17-13(14)16-11)20-7-9-5-3-2-4-6-9/h2-6,8H,7H2,1H3,(H2,14,16,17). The van der Waals surface area contributed by atoms with E-state index < -0.39 is 0 Å². The first-order valence-electron chi connectivity index (χ1n) is 5.99. The lowest BCUT2D eigenvalue weighted by Crippen LogP contribution is -2.08. The smallest absolute Gasteiger partial charge is 0.249 e. The molecule has 0 saturated carbocycles. The summed E-state index contributed by atoms with van der Waals surface area (Å²) in [4.78, 5) is 17.4. The van der Waals surface area contributed by atoms with Crippen LogP contribution in [0.25, 0.3) is 11.2 Å². The summed E-state index contributed by atoms with van der Waals surface area (Å²) in [6.07, 6.45) is 1.49. The van der Waals surface area contributed by atoms with E-state index in [4.69, 9.17) is 15.3 Å². The molecule has 20 heavy (non-hydrogen) atoms. The van der Waals surface area contributed by atoms with Crippen molar-refractivity contribution < 1.29 is 9.57 Å². The summed E-state index contributed by atoms with van der Waals surface area (Å²) in [5.41, 5.74) is 7.67. The molecule has 0 saturated heterocycles. The molecule has 0 amide bonds. The summed E-state index contributed by atoms with van der Waals surface area (Å²) in [5.74, 6) is 0.456.